The molecule has 0 unspecified atom stereocenters. The highest BCUT2D eigenvalue weighted by Crippen LogP contribution is 2.03. The Labute approximate surface area is 101 Å². The third kappa shape index (κ3) is 2.74. The van der Waals surface area contributed by atoms with Gasteiger partial charge in [-0.2, -0.15) is 0 Å². The smallest absolute Gasteiger partial charge is 0.272 e. The van der Waals surface area contributed by atoms with E-state index in [0.717, 1.165) is 5.69 Å². The molecule has 1 N–H and O–H groups in total. The molecule has 0 aromatic carbocycles. The molecule has 2 aromatic rings. The average molecular weight is 255 g/mol. The molecule has 0 saturated heterocycles. The standard InChI is InChI=1S/C9H7ClN4OS/c10-8-2-1-7(13-14-8)9(15)11-3-6-4-16-5-12-6/h1-2,4-5H,3H2,(H,11,15). The molecule has 0 aliphatic heterocycles. The summed E-state index contributed by atoms with van der Waals surface area (Å²) in [5.41, 5.74) is 2.77. The molecule has 0 radical (unpaired) electrons. The number of amides is 1. The van der Waals surface area contributed by atoms with Crippen LogP contribution in [0.25, 0.3) is 0 Å². The predicted molar refractivity (Wildman–Crippen MR) is 60.3 cm³/mol. The van der Waals surface area contributed by atoms with Gasteiger partial charge in [-0.05, 0) is 12.1 Å². The quantitative estimate of drug-likeness (QED) is 0.902. The van der Waals surface area contributed by atoms with Crippen molar-refractivity contribution in [3.05, 3.63) is 39.6 Å². The highest BCUT2D eigenvalue weighted by molar-refractivity contribution is 7.07. The number of hydrogen-bond acceptors (Lipinski definition) is 5. The van der Waals surface area contributed by atoms with Crippen molar-refractivity contribution in [2.75, 3.05) is 0 Å². The van der Waals surface area contributed by atoms with E-state index >= 15 is 0 Å². The van der Waals surface area contributed by atoms with Crippen LogP contribution in [-0.4, -0.2) is 21.1 Å². The molecule has 0 aliphatic rings. The number of rotatable bonds is 3. The summed E-state index contributed by atoms with van der Waals surface area (Å²) in [5.74, 6) is -0.294. The Kier molecular flexibility index (Phi) is 3.43. The third-order valence-corrected chi connectivity index (χ3v) is 2.62. The molecule has 2 aromatic heterocycles. The minimum atomic E-state index is -0.294. The number of nitrogens with zero attached hydrogens (tertiary/aromatic N) is 3. The Morgan fingerprint density at radius 1 is 1.44 bits per heavy atom. The van der Waals surface area contributed by atoms with E-state index in [1.54, 1.807) is 5.51 Å². The van der Waals surface area contributed by atoms with Crippen LogP contribution < -0.4 is 5.32 Å². The number of carbonyl (C=O) groups excluding carboxylic acids is 1. The van der Waals surface area contributed by atoms with Gasteiger partial charge >= 0.3 is 0 Å². The second-order valence-corrected chi connectivity index (χ2v) is 4.01. The zero-order valence-electron chi connectivity index (χ0n) is 8.05. The molecule has 1 amide bonds. The monoisotopic (exact) mass is 254 g/mol. The zero-order chi connectivity index (χ0) is 11.4. The van der Waals surface area contributed by atoms with Crippen LogP contribution in [0.1, 0.15) is 16.2 Å². The minimum absolute atomic E-state index is 0.236. The second kappa shape index (κ2) is 5.00. The molecule has 2 rings (SSSR count). The van der Waals surface area contributed by atoms with Crippen molar-refractivity contribution in [1.82, 2.24) is 20.5 Å². The lowest BCUT2D eigenvalue weighted by Crippen LogP contribution is -2.24. The van der Waals surface area contributed by atoms with E-state index in [0.29, 0.717) is 6.54 Å². The molecule has 0 bridgehead atoms. The number of thiazole rings is 1. The first kappa shape index (κ1) is 11.0. The van der Waals surface area contributed by atoms with Gasteiger partial charge in [0, 0.05) is 5.38 Å². The van der Waals surface area contributed by atoms with Gasteiger partial charge < -0.3 is 5.32 Å². The molecule has 16 heavy (non-hydrogen) atoms. The molecule has 0 aliphatic carbocycles. The Morgan fingerprint density at radius 2 is 2.31 bits per heavy atom. The fourth-order valence-electron chi connectivity index (χ4n) is 1.02. The number of carbonyl (C=O) groups is 1. The van der Waals surface area contributed by atoms with Crippen LogP contribution in [0.3, 0.4) is 0 Å². The average Bonchev–Trinajstić information content (AvgIpc) is 2.80. The Morgan fingerprint density at radius 3 is 2.94 bits per heavy atom. The molecule has 82 valence electrons. The van der Waals surface area contributed by atoms with E-state index in [1.165, 1.54) is 23.5 Å². The van der Waals surface area contributed by atoms with Gasteiger partial charge in [0.25, 0.3) is 5.91 Å². The summed E-state index contributed by atoms with van der Waals surface area (Å²) in [5, 5.41) is 12.1. The maximum Gasteiger partial charge on any atom is 0.272 e. The van der Waals surface area contributed by atoms with Crippen LogP contribution in [0.5, 0.6) is 0 Å². The topological polar surface area (TPSA) is 67.8 Å². The van der Waals surface area contributed by atoms with Crippen molar-refractivity contribution >= 4 is 28.8 Å². The summed E-state index contributed by atoms with van der Waals surface area (Å²) < 4.78 is 0. The molecule has 2 heterocycles. The summed E-state index contributed by atoms with van der Waals surface area (Å²) in [6.45, 7) is 0.382. The molecule has 7 heteroatoms. The van der Waals surface area contributed by atoms with Crippen LogP contribution in [0, 0.1) is 0 Å². The van der Waals surface area contributed by atoms with Crippen molar-refractivity contribution in [3.63, 3.8) is 0 Å². The van der Waals surface area contributed by atoms with Crippen LogP contribution >= 0.6 is 22.9 Å². The summed E-state index contributed by atoms with van der Waals surface area (Å²) in [4.78, 5) is 15.6. The first-order valence-corrected chi connectivity index (χ1v) is 5.72. The van der Waals surface area contributed by atoms with Crippen molar-refractivity contribution < 1.29 is 4.79 Å². The van der Waals surface area contributed by atoms with Gasteiger partial charge in [-0.1, -0.05) is 11.6 Å². The van der Waals surface area contributed by atoms with Gasteiger partial charge in [0.2, 0.25) is 0 Å². The molecule has 0 atom stereocenters. The molecule has 0 spiro atoms. The number of hydrogen-bond donors (Lipinski definition) is 1. The molecule has 0 fully saturated rings. The zero-order valence-corrected chi connectivity index (χ0v) is 9.63. The highest BCUT2D eigenvalue weighted by Gasteiger charge is 2.07. The van der Waals surface area contributed by atoms with Crippen molar-refractivity contribution in [1.29, 1.82) is 0 Å². The largest absolute Gasteiger partial charge is 0.345 e. The molecular formula is C9H7ClN4OS. The summed E-state index contributed by atoms with van der Waals surface area (Å²) in [7, 11) is 0. The van der Waals surface area contributed by atoms with Crippen molar-refractivity contribution in [2.24, 2.45) is 0 Å². The Bertz CT molecular complexity index is 471. The lowest BCUT2D eigenvalue weighted by atomic mass is 10.3. The second-order valence-electron chi connectivity index (χ2n) is 2.90. The first-order valence-electron chi connectivity index (χ1n) is 4.40. The predicted octanol–water partition coefficient (Wildman–Crippen LogP) is 1.52. The van der Waals surface area contributed by atoms with Gasteiger partial charge in [0.1, 0.15) is 0 Å². The van der Waals surface area contributed by atoms with E-state index < -0.39 is 0 Å². The highest BCUT2D eigenvalue weighted by atomic mass is 35.5. The van der Waals surface area contributed by atoms with Crippen LogP contribution in [-0.2, 0) is 6.54 Å². The fourth-order valence-corrected chi connectivity index (χ4v) is 1.68. The normalized spacial score (nSPS) is 10.1. The van der Waals surface area contributed by atoms with Crippen LogP contribution in [0.4, 0.5) is 0 Å². The van der Waals surface area contributed by atoms with Gasteiger partial charge in [0.15, 0.2) is 10.8 Å². The summed E-state index contributed by atoms with van der Waals surface area (Å²) in [6, 6.07) is 3.04. The van der Waals surface area contributed by atoms with E-state index in [-0.39, 0.29) is 16.8 Å². The van der Waals surface area contributed by atoms with Gasteiger partial charge in [0.05, 0.1) is 17.7 Å². The Hall–Kier alpha value is -1.53. The fraction of sp³-hybridized carbons (Fsp3) is 0.111. The van der Waals surface area contributed by atoms with Crippen molar-refractivity contribution in [3.8, 4) is 0 Å². The Balaban J connectivity index is 1.95. The van der Waals surface area contributed by atoms with Crippen LogP contribution in [0.15, 0.2) is 23.0 Å². The van der Waals surface area contributed by atoms with E-state index in [9.17, 15) is 4.79 Å². The van der Waals surface area contributed by atoms with Gasteiger partial charge in [-0.15, -0.1) is 21.5 Å². The maximum absolute atomic E-state index is 11.6. The van der Waals surface area contributed by atoms with Gasteiger partial charge in [-0.25, -0.2) is 4.98 Å². The van der Waals surface area contributed by atoms with E-state index in [2.05, 4.69) is 20.5 Å². The minimum Gasteiger partial charge on any atom is -0.345 e. The number of aromatic nitrogens is 3. The SMILES string of the molecule is O=C(NCc1cscn1)c1ccc(Cl)nn1. The first-order chi connectivity index (χ1) is 7.75. The van der Waals surface area contributed by atoms with E-state index in [4.69, 9.17) is 11.6 Å². The molecule has 5 nitrogen and oxygen atoms in total. The molecule has 0 saturated carbocycles. The number of halogens is 1. The van der Waals surface area contributed by atoms with Crippen LogP contribution in [0.2, 0.25) is 5.15 Å². The maximum atomic E-state index is 11.6. The van der Waals surface area contributed by atoms with E-state index in [1.807, 2.05) is 5.38 Å². The third-order valence-electron chi connectivity index (χ3n) is 1.78. The lowest BCUT2D eigenvalue weighted by molar-refractivity contribution is 0.0944. The molecular weight excluding hydrogens is 248 g/mol. The summed E-state index contributed by atoms with van der Waals surface area (Å²) >= 11 is 7.04. The summed E-state index contributed by atoms with van der Waals surface area (Å²) in [6.07, 6.45) is 0. The van der Waals surface area contributed by atoms with Gasteiger partial charge in [-0.3, -0.25) is 4.79 Å². The van der Waals surface area contributed by atoms with Crippen molar-refractivity contribution in [2.45, 2.75) is 6.54 Å². The number of nitrogens with one attached hydrogen (secondary N) is 1. The lowest BCUT2D eigenvalue weighted by Gasteiger charge is -2.01.